The molecule has 1 saturated carbocycles. The van der Waals surface area contributed by atoms with E-state index in [1.165, 1.54) is 30.4 Å². The van der Waals surface area contributed by atoms with Gasteiger partial charge in [0.2, 0.25) is 0 Å². The molecule has 1 nitrogen and oxygen atoms in total. The van der Waals surface area contributed by atoms with Gasteiger partial charge in [-0.15, -0.1) is 0 Å². The Labute approximate surface area is 153 Å². The summed E-state index contributed by atoms with van der Waals surface area (Å²) in [7, 11) is 0. The minimum Gasteiger partial charge on any atom is -0.260 e. The number of nitrogens with zero attached hydrogens (tertiary/aromatic N) is 1. The lowest BCUT2D eigenvalue weighted by Gasteiger charge is -2.46. The Kier molecular flexibility index (Phi) is 4.18. The Morgan fingerprint density at radius 1 is 1.08 bits per heavy atom. The van der Waals surface area contributed by atoms with Crippen LogP contribution in [0, 0.1) is 5.92 Å². The van der Waals surface area contributed by atoms with Crippen LogP contribution < -0.4 is 0 Å². The van der Waals surface area contributed by atoms with Crippen molar-refractivity contribution in [2.45, 2.75) is 43.9 Å². The molecule has 0 bridgehead atoms. The van der Waals surface area contributed by atoms with E-state index in [1.54, 1.807) is 0 Å². The van der Waals surface area contributed by atoms with E-state index in [-0.39, 0.29) is 5.41 Å². The van der Waals surface area contributed by atoms with Crippen LogP contribution in [0.5, 0.6) is 0 Å². The summed E-state index contributed by atoms with van der Waals surface area (Å²) >= 11 is 12.5. The molecule has 0 amide bonds. The van der Waals surface area contributed by atoms with Crippen LogP contribution in [0.3, 0.4) is 0 Å². The van der Waals surface area contributed by atoms with Crippen LogP contribution in [0.2, 0.25) is 10.0 Å². The van der Waals surface area contributed by atoms with Crippen molar-refractivity contribution < 1.29 is 0 Å². The molecule has 24 heavy (non-hydrogen) atoms. The fraction of sp³-hybridized carbons (Fsp3) is 0.381. The van der Waals surface area contributed by atoms with Gasteiger partial charge >= 0.3 is 0 Å². The Morgan fingerprint density at radius 3 is 2.71 bits per heavy atom. The van der Waals surface area contributed by atoms with Crippen LogP contribution in [0.25, 0.3) is 0 Å². The highest BCUT2D eigenvalue weighted by molar-refractivity contribution is 6.31. The molecule has 3 unspecified atom stereocenters. The maximum absolute atomic E-state index is 6.30. The largest absolute Gasteiger partial charge is 0.260 e. The topological polar surface area (TPSA) is 12.4 Å². The summed E-state index contributed by atoms with van der Waals surface area (Å²) in [5.74, 6) is 1.02. The van der Waals surface area contributed by atoms with Crippen molar-refractivity contribution in [3.63, 3.8) is 0 Å². The highest BCUT2D eigenvalue weighted by Gasteiger charge is 2.50. The van der Waals surface area contributed by atoms with Crippen LogP contribution in [-0.4, -0.2) is 6.21 Å². The van der Waals surface area contributed by atoms with Crippen LogP contribution in [-0.2, 0) is 5.41 Å². The second-order valence-electron chi connectivity index (χ2n) is 7.00. The quantitative estimate of drug-likeness (QED) is 0.551. The standard InChI is InChI=1S/C21H21Cl2N/c1-2-15-6-4-8-18(14-5-3-7-16(22)11-14)21(15)13-24-20-12-17(23)9-10-19(20)21/h3,5,7,9-13,15,18H,2,4,6,8H2,1H3. The van der Waals surface area contributed by atoms with Crippen molar-refractivity contribution in [2.75, 3.05) is 0 Å². The first-order valence-corrected chi connectivity index (χ1v) is 9.51. The molecule has 2 aromatic carbocycles. The molecule has 1 fully saturated rings. The number of hydrogen-bond donors (Lipinski definition) is 0. The molecule has 0 aromatic heterocycles. The Bertz CT molecular complexity index is 798. The number of aliphatic imine (C=N–C) groups is 1. The molecule has 0 saturated heterocycles. The normalized spacial score (nSPS) is 28.3. The second-order valence-corrected chi connectivity index (χ2v) is 7.87. The predicted molar refractivity (Wildman–Crippen MR) is 103 cm³/mol. The summed E-state index contributed by atoms with van der Waals surface area (Å²) in [5, 5.41) is 1.57. The molecule has 1 aliphatic heterocycles. The molecule has 2 aromatic rings. The van der Waals surface area contributed by atoms with E-state index in [0.717, 1.165) is 22.2 Å². The molecular formula is C21H21Cl2N. The summed E-state index contributed by atoms with van der Waals surface area (Å²) in [5.41, 5.74) is 3.67. The van der Waals surface area contributed by atoms with E-state index in [1.807, 2.05) is 18.2 Å². The number of hydrogen-bond acceptors (Lipinski definition) is 1. The van der Waals surface area contributed by atoms with Crippen molar-refractivity contribution >= 4 is 35.1 Å². The maximum atomic E-state index is 6.30. The van der Waals surface area contributed by atoms with Crippen LogP contribution in [0.4, 0.5) is 5.69 Å². The molecule has 0 N–H and O–H groups in total. The average Bonchev–Trinajstić information content (AvgIpc) is 2.94. The minimum absolute atomic E-state index is 0.0302. The summed E-state index contributed by atoms with van der Waals surface area (Å²) in [6, 6.07) is 14.6. The molecule has 1 spiro atoms. The van der Waals surface area contributed by atoms with Gasteiger partial charge in [0.15, 0.2) is 0 Å². The number of fused-ring (bicyclic) bond motifs is 2. The number of halogens is 2. The molecule has 124 valence electrons. The van der Waals surface area contributed by atoms with E-state index in [0.29, 0.717) is 11.8 Å². The highest BCUT2D eigenvalue weighted by Crippen LogP contribution is 2.57. The summed E-state index contributed by atoms with van der Waals surface area (Å²) in [6.07, 6.45) is 7.05. The van der Waals surface area contributed by atoms with Crippen molar-refractivity contribution in [1.82, 2.24) is 0 Å². The summed E-state index contributed by atoms with van der Waals surface area (Å²) < 4.78 is 0. The lowest BCUT2D eigenvalue weighted by atomic mass is 9.55. The molecule has 3 atom stereocenters. The van der Waals surface area contributed by atoms with Gasteiger partial charge in [-0.25, -0.2) is 0 Å². The first kappa shape index (κ1) is 16.2. The van der Waals surface area contributed by atoms with Crippen molar-refractivity contribution in [3.05, 3.63) is 63.6 Å². The monoisotopic (exact) mass is 357 g/mol. The van der Waals surface area contributed by atoms with Crippen LogP contribution >= 0.6 is 23.2 Å². The van der Waals surface area contributed by atoms with E-state index in [9.17, 15) is 0 Å². The third-order valence-corrected chi connectivity index (χ3v) is 6.36. The van der Waals surface area contributed by atoms with Gasteiger partial charge < -0.3 is 0 Å². The molecule has 0 radical (unpaired) electrons. The third kappa shape index (κ3) is 2.41. The zero-order chi connectivity index (χ0) is 16.7. The van der Waals surface area contributed by atoms with Gasteiger partial charge in [0.1, 0.15) is 0 Å². The number of benzene rings is 2. The van der Waals surface area contributed by atoms with E-state index in [2.05, 4.69) is 37.4 Å². The molecule has 1 aliphatic carbocycles. The van der Waals surface area contributed by atoms with Gasteiger partial charge in [-0.1, -0.05) is 61.2 Å². The first-order chi connectivity index (χ1) is 11.6. The zero-order valence-electron chi connectivity index (χ0n) is 13.8. The van der Waals surface area contributed by atoms with Gasteiger partial charge in [-0.05, 0) is 60.1 Å². The van der Waals surface area contributed by atoms with Crippen LogP contribution in [0.1, 0.15) is 49.7 Å². The van der Waals surface area contributed by atoms with Gasteiger partial charge in [0.05, 0.1) is 5.69 Å². The van der Waals surface area contributed by atoms with Crippen molar-refractivity contribution in [2.24, 2.45) is 10.9 Å². The van der Waals surface area contributed by atoms with Crippen molar-refractivity contribution in [1.29, 1.82) is 0 Å². The lowest BCUT2D eigenvalue weighted by molar-refractivity contribution is 0.220. The number of rotatable bonds is 2. The zero-order valence-corrected chi connectivity index (χ0v) is 15.3. The van der Waals surface area contributed by atoms with Gasteiger partial charge in [-0.3, -0.25) is 4.99 Å². The maximum Gasteiger partial charge on any atom is 0.0682 e. The minimum atomic E-state index is -0.0302. The third-order valence-electron chi connectivity index (χ3n) is 5.88. The first-order valence-electron chi connectivity index (χ1n) is 8.76. The molecule has 4 rings (SSSR count). The Hall–Kier alpha value is -1.31. The molecule has 2 aliphatic rings. The smallest absolute Gasteiger partial charge is 0.0682 e. The predicted octanol–water partition coefficient (Wildman–Crippen LogP) is 6.94. The summed E-state index contributed by atoms with van der Waals surface area (Å²) in [6.45, 7) is 2.30. The van der Waals surface area contributed by atoms with Gasteiger partial charge in [0.25, 0.3) is 0 Å². The van der Waals surface area contributed by atoms with Crippen LogP contribution in [0.15, 0.2) is 47.5 Å². The van der Waals surface area contributed by atoms with E-state index in [4.69, 9.17) is 28.2 Å². The van der Waals surface area contributed by atoms with Crippen molar-refractivity contribution in [3.8, 4) is 0 Å². The molecular weight excluding hydrogens is 337 g/mol. The fourth-order valence-corrected chi connectivity index (χ4v) is 5.23. The Balaban J connectivity index is 1.90. The fourth-order valence-electron chi connectivity index (χ4n) is 4.86. The molecule has 1 heterocycles. The summed E-state index contributed by atoms with van der Waals surface area (Å²) in [4.78, 5) is 4.79. The SMILES string of the molecule is CCC1CCCC(c2cccc(Cl)c2)C12C=Nc1cc(Cl)ccc12. The van der Waals surface area contributed by atoms with E-state index < -0.39 is 0 Å². The lowest BCUT2D eigenvalue weighted by Crippen LogP contribution is -2.44. The highest BCUT2D eigenvalue weighted by atomic mass is 35.5. The molecule has 3 heteroatoms. The Morgan fingerprint density at radius 2 is 1.92 bits per heavy atom. The van der Waals surface area contributed by atoms with E-state index >= 15 is 0 Å². The van der Waals surface area contributed by atoms with Gasteiger partial charge in [-0.2, -0.15) is 0 Å². The average molecular weight is 358 g/mol. The second kappa shape index (κ2) is 6.20. The van der Waals surface area contributed by atoms with Gasteiger partial charge in [0, 0.05) is 21.7 Å².